The molecule has 1 aromatic carbocycles. The molecule has 0 atom stereocenters. The number of ketones is 1. The summed E-state index contributed by atoms with van der Waals surface area (Å²) in [6.07, 6.45) is 1.08. The van der Waals surface area contributed by atoms with Crippen molar-refractivity contribution in [3.05, 3.63) is 51.8 Å². The lowest BCUT2D eigenvalue weighted by molar-refractivity contribution is 0.0526. The molecule has 4 nitrogen and oxygen atoms in total. The molecule has 0 spiro atoms. The molecule has 0 saturated carbocycles. The summed E-state index contributed by atoms with van der Waals surface area (Å²) in [6.45, 7) is 7.89. The van der Waals surface area contributed by atoms with Crippen molar-refractivity contribution < 1.29 is 14.3 Å². The number of aryl methyl sites for hydroxylation is 1. The van der Waals surface area contributed by atoms with Crippen LogP contribution in [0.2, 0.25) is 5.02 Å². The van der Waals surface area contributed by atoms with Gasteiger partial charge in [0.25, 0.3) is 0 Å². The molecule has 0 bridgehead atoms. The lowest BCUT2D eigenvalue weighted by Gasteiger charge is -2.31. The Balaban J connectivity index is 2.38. The maximum absolute atomic E-state index is 13.0. The van der Waals surface area contributed by atoms with E-state index in [1.165, 1.54) is 0 Å². The topological polar surface area (TPSA) is 56.3 Å². The number of esters is 1. The van der Waals surface area contributed by atoms with Gasteiger partial charge in [-0.05, 0) is 31.7 Å². The van der Waals surface area contributed by atoms with Crippen LogP contribution in [0.4, 0.5) is 0 Å². The van der Waals surface area contributed by atoms with E-state index in [0.717, 1.165) is 5.69 Å². The molecular formula is C21H22ClNO3. The SMILES string of the molecule is CCOC(=O)c1c(C)nc2c(c1-c1ccccc1Cl)C(=O)CC(C)(C)C2. The number of hydrogen-bond acceptors (Lipinski definition) is 4. The maximum Gasteiger partial charge on any atom is 0.340 e. The van der Waals surface area contributed by atoms with Crippen molar-refractivity contribution in [2.45, 2.75) is 40.5 Å². The Labute approximate surface area is 158 Å². The highest BCUT2D eigenvalue weighted by molar-refractivity contribution is 6.34. The van der Waals surface area contributed by atoms with E-state index in [0.29, 0.717) is 45.8 Å². The fourth-order valence-electron chi connectivity index (χ4n) is 3.62. The second kappa shape index (κ2) is 6.84. The lowest BCUT2D eigenvalue weighted by Crippen LogP contribution is -2.30. The van der Waals surface area contributed by atoms with E-state index in [1.54, 1.807) is 19.9 Å². The zero-order valence-electron chi connectivity index (χ0n) is 15.5. The molecule has 136 valence electrons. The first-order valence-corrected chi connectivity index (χ1v) is 9.11. The summed E-state index contributed by atoms with van der Waals surface area (Å²) in [4.78, 5) is 30.3. The van der Waals surface area contributed by atoms with E-state index in [2.05, 4.69) is 18.8 Å². The van der Waals surface area contributed by atoms with Gasteiger partial charge in [0.15, 0.2) is 5.78 Å². The van der Waals surface area contributed by atoms with Crippen molar-refractivity contribution in [3.63, 3.8) is 0 Å². The number of Topliss-reactive ketones (excluding diaryl/α,β-unsaturated/α-hetero) is 1. The van der Waals surface area contributed by atoms with Crippen LogP contribution in [-0.2, 0) is 11.2 Å². The molecule has 0 aliphatic heterocycles. The van der Waals surface area contributed by atoms with Gasteiger partial charge in [-0.3, -0.25) is 9.78 Å². The number of carbonyl (C=O) groups is 2. The highest BCUT2D eigenvalue weighted by atomic mass is 35.5. The third kappa shape index (κ3) is 3.26. The average molecular weight is 372 g/mol. The first-order valence-electron chi connectivity index (χ1n) is 8.74. The Bertz CT molecular complexity index is 902. The molecule has 3 rings (SSSR count). The predicted octanol–water partition coefficient (Wildman–Crippen LogP) is 5.04. The normalized spacial score (nSPS) is 15.5. The zero-order chi connectivity index (χ0) is 19.1. The fraction of sp³-hybridized carbons (Fsp3) is 0.381. The van der Waals surface area contributed by atoms with Crippen LogP contribution in [0.5, 0.6) is 0 Å². The quantitative estimate of drug-likeness (QED) is 0.709. The monoisotopic (exact) mass is 371 g/mol. The molecule has 0 fully saturated rings. The van der Waals surface area contributed by atoms with Crippen molar-refractivity contribution in [1.29, 1.82) is 0 Å². The predicted molar refractivity (Wildman–Crippen MR) is 102 cm³/mol. The largest absolute Gasteiger partial charge is 0.462 e. The Morgan fingerprint density at radius 2 is 1.92 bits per heavy atom. The van der Waals surface area contributed by atoms with Gasteiger partial charge >= 0.3 is 5.97 Å². The number of benzene rings is 1. The summed E-state index contributed by atoms with van der Waals surface area (Å²) in [5, 5.41) is 0.489. The van der Waals surface area contributed by atoms with E-state index >= 15 is 0 Å². The van der Waals surface area contributed by atoms with Gasteiger partial charge in [0.1, 0.15) is 0 Å². The Morgan fingerprint density at radius 3 is 2.58 bits per heavy atom. The van der Waals surface area contributed by atoms with Crippen molar-refractivity contribution in [2.24, 2.45) is 5.41 Å². The molecule has 0 amide bonds. The number of hydrogen-bond donors (Lipinski definition) is 0. The van der Waals surface area contributed by atoms with Gasteiger partial charge < -0.3 is 4.74 Å². The fourth-order valence-corrected chi connectivity index (χ4v) is 3.85. The van der Waals surface area contributed by atoms with Crippen LogP contribution in [0.25, 0.3) is 11.1 Å². The summed E-state index contributed by atoms with van der Waals surface area (Å²) >= 11 is 6.43. The molecule has 1 aromatic heterocycles. The molecule has 0 saturated heterocycles. The van der Waals surface area contributed by atoms with Crippen molar-refractivity contribution >= 4 is 23.4 Å². The van der Waals surface area contributed by atoms with Crippen LogP contribution in [0.15, 0.2) is 24.3 Å². The maximum atomic E-state index is 13.0. The first-order chi connectivity index (χ1) is 12.2. The van der Waals surface area contributed by atoms with Crippen molar-refractivity contribution in [3.8, 4) is 11.1 Å². The first kappa shape index (κ1) is 18.6. The second-order valence-electron chi connectivity index (χ2n) is 7.41. The zero-order valence-corrected chi connectivity index (χ0v) is 16.2. The summed E-state index contributed by atoms with van der Waals surface area (Å²) in [7, 11) is 0. The number of ether oxygens (including phenoxy) is 1. The molecule has 0 unspecified atom stereocenters. The third-order valence-corrected chi connectivity index (χ3v) is 4.97. The molecule has 0 radical (unpaired) electrons. The van der Waals surface area contributed by atoms with Crippen LogP contribution < -0.4 is 0 Å². The Morgan fingerprint density at radius 1 is 1.23 bits per heavy atom. The molecule has 1 heterocycles. The Hall–Kier alpha value is -2.20. The molecule has 1 aliphatic rings. The highest BCUT2D eigenvalue weighted by Gasteiger charge is 2.37. The number of pyridine rings is 1. The molecule has 0 N–H and O–H groups in total. The molecular weight excluding hydrogens is 350 g/mol. The molecule has 5 heteroatoms. The van der Waals surface area contributed by atoms with E-state index in [-0.39, 0.29) is 17.8 Å². The summed E-state index contributed by atoms with van der Waals surface area (Å²) in [5.74, 6) is -0.489. The van der Waals surface area contributed by atoms with Crippen LogP contribution in [0.1, 0.15) is 59.3 Å². The minimum atomic E-state index is -0.479. The Kier molecular flexibility index (Phi) is 4.89. The summed E-state index contributed by atoms with van der Waals surface area (Å²) in [6, 6.07) is 7.25. The number of aromatic nitrogens is 1. The van der Waals surface area contributed by atoms with E-state index in [1.807, 2.05) is 18.2 Å². The number of halogens is 1. The van der Waals surface area contributed by atoms with E-state index < -0.39 is 5.97 Å². The van der Waals surface area contributed by atoms with Crippen LogP contribution >= 0.6 is 11.6 Å². The average Bonchev–Trinajstić information content (AvgIpc) is 2.53. The number of nitrogens with zero attached hydrogens (tertiary/aromatic N) is 1. The van der Waals surface area contributed by atoms with Crippen LogP contribution in [0.3, 0.4) is 0 Å². The van der Waals surface area contributed by atoms with Gasteiger partial charge in [0.05, 0.1) is 23.6 Å². The van der Waals surface area contributed by atoms with Gasteiger partial charge in [0.2, 0.25) is 0 Å². The van der Waals surface area contributed by atoms with E-state index in [4.69, 9.17) is 16.3 Å². The minimum absolute atomic E-state index is 0.00998. The van der Waals surface area contributed by atoms with E-state index in [9.17, 15) is 9.59 Å². The lowest BCUT2D eigenvalue weighted by atomic mass is 9.73. The summed E-state index contributed by atoms with van der Waals surface area (Å²) < 4.78 is 5.24. The van der Waals surface area contributed by atoms with Crippen LogP contribution in [0, 0.1) is 12.3 Å². The second-order valence-corrected chi connectivity index (χ2v) is 7.82. The van der Waals surface area contributed by atoms with Gasteiger partial charge in [-0.15, -0.1) is 0 Å². The van der Waals surface area contributed by atoms with Crippen LogP contribution in [-0.4, -0.2) is 23.3 Å². The standard InChI is InChI=1S/C21H22ClNO3/c1-5-26-20(25)17-12(2)23-15-10-21(3,4)11-16(24)19(15)18(17)13-8-6-7-9-14(13)22/h6-9H,5,10-11H2,1-4H3. The van der Waals surface area contributed by atoms with Gasteiger partial charge in [-0.1, -0.05) is 43.6 Å². The molecule has 26 heavy (non-hydrogen) atoms. The summed E-state index contributed by atoms with van der Waals surface area (Å²) in [5.41, 5.74) is 3.17. The van der Waals surface area contributed by atoms with Gasteiger partial charge in [-0.2, -0.15) is 0 Å². The number of fused-ring (bicyclic) bond motifs is 1. The molecule has 2 aromatic rings. The molecule has 1 aliphatic carbocycles. The number of rotatable bonds is 3. The minimum Gasteiger partial charge on any atom is -0.462 e. The van der Waals surface area contributed by atoms with Crippen molar-refractivity contribution in [2.75, 3.05) is 6.61 Å². The third-order valence-electron chi connectivity index (χ3n) is 4.64. The van der Waals surface area contributed by atoms with Gasteiger partial charge in [-0.25, -0.2) is 4.79 Å². The van der Waals surface area contributed by atoms with Crippen molar-refractivity contribution in [1.82, 2.24) is 4.98 Å². The number of carbonyl (C=O) groups excluding carboxylic acids is 2. The smallest absolute Gasteiger partial charge is 0.340 e. The van der Waals surface area contributed by atoms with Gasteiger partial charge in [0, 0.05) is 28.1 Å². The highest BCUT2D eigenvalue weighted by Crippen LogP contribution is 2.42.